The Morgan fingerprint density at radius 2 is 1.90 bits per heavy atom. The van der Waals surface area contributed by atoms with Crippen LogP contribution < -0.4 is 10.6 Å². The number of amides is 1. The van der Waals surface area contributed by atoms with Gasteiger partial charge in [-0.2, -0.15) is 0 Å². The van der Waals surface area contributed by atoms with Crippen molar-refractivity contribution in [2.24, 2.45) is 0 Å². The first-order chi connectivity index (χ1) is 9.19. The second kappa shape index (κ2) is 6.99. The summed E-state index contributed by atoms with van der Waals surface area (Å²) in [5, 5.41) is 6.66. The van der Waals surface area contributed by atoms with Crippen molar-refractivity contribution in [3.8, 4) is 0 Å². The molecule has 1 heterocycles. The molecular weight excluding hydrogens is 301 g/mol. The number of carbonyl (C=O) groups is 1. The number of hydrogen-bond donors (Lipinski definition) is 2. The molecule has 1 unspecified atom stereocenters. The molecule has 7 heteroatoms. The first kappa shape index (κ1) is 16.9. The molecule has 0 saturated heterocycles. The van der Waals surface area contributed by atoms with E-state index in [4.69, 9.17) is 27.9 Å². The molecule has 0 aliphatic rings. The quantitative estimate of drug-likeness (QED) is 0.887. The highest BCUT2D eigenvalue weighted by Gasteiger charge is 2.17. The van der Waals surface area contributed by atoms with Gasteiger partial charge in [-0.15, -0.1) is 0 Å². The van der Waals surface area contributed by atoms with Crippen LogP contribution in [0.3, 0.4) is 0 Å². The van der Waals surface area contributed by atoms with Crippen molar-refractivity contribution in [2.75, 3.05) is 11.9 Å². The number of aromatic nitrogens is 1. The van der Waals surface area contributed by atoms with Gasteiger partial charge in [0, 0.05) is 25.0 Å². The normalized spacial score (nSPS) is 12.7. The van der Waals surface area contributed by atoms with E-state index in [0.717, 1.165) is 0 Å². The minimum Gasteiger partial charge on any atom is -0.444 e. The Balaban J connectivity index is 2.48. The molecule has 0 aliphatic carbocycles. The molecule has 1 rings (SSSR count). The molecule has 1 amide bonds. The maximum atomic E-state index is 11.5. The monoisotopic (exact) mass is 319 g/mol. The number of hydrogen-bond acceptors (Lipinski definition) is 4. The number of rotatable bonds is 4. The van der Waals surface area contributed by atoms with E-state index in [2.05, 4.69) is 15.6 Å². The van der Waals surface area contributed by atoms with Crippen LogP contribution in [-0.2, 0) is 4.74 Å². The molecule has 0 saturated carbocycles. The van der Waals surface area contributed by atoms with Gasteiger partial charge < -0.3 is 15.4 Å². The molecule has 0 spiro atoms. The lowest BCUT2D eigenvalue weighted by atomic mass is 10.2. The SMILES string of the molecule is CC(CNC(=O)OC(C)(C)C)Nc1c(Cl)cncc1Cl. The zero-order chi connectivity index (χ0) is 15.3. The van der Waals surface area contributed by atoms with E-state index in [1.54, 1.807) is 0 Å². The van der Waals surface area contributed by atoms with Crippen LogP contribution in [-0.4, -0.2) is 29.3 Å². The number of pyridine rings is 1. The molecule has 20 heavy (non-hydrogen) atoms. The van der Waals surface area contributed by atoms with E-state index in [9.17, 15) is 4.79 Å². The smallest absolute Gasteiger partial charge is 0.407 e. The third-order valence-electron chi connectivity index (χ3n) is 2.20. The number of halogens is 2. The van der Waals surface area contributed by atoms with Gasteiger partial charge in [0.25, 0.3) is 0 Å². The van der Waals surface area contributed by atoms with Crippen molar-refractivity contribution in [3.05, 3.63) is 22.4 Å². The Labute approximate surface area is 129 Å². The Kier molecular flexibility index (Phi) is 5.89. The Hall–Kier alpha value is -1.20. The van der Waals surface area contributed by atoms with Crippen molar-refractivity contribution in [3.63, 3.8) is 0 Å². The molecule has 1 aromatic heterocycles. The largest absolute Gasteiger partial charge is 0.444 e. The summed E-state index contributed by atoms with van der Waals surface area (Å²) in [6, 6.07) is -0.0695. The van der Waals surface area contributed by atoms with Crippen LogP contribution in [0.25, 0.3) is 0 Å². The molecule has 0 aliphatic heterocycles. The van der Waals surface area contributed by atoms with Crippen molar-refractivity contribution in [1.29, 1.82) is 0 Å². The van der Waals surface area contributed by atoms with Crippen LogP contribution in [0.2, 0.25) is 10.0 Å². The van der Waals surface area contributed by atoms with Gasteiger partial charge in [-0.1, -0.05) is 23.2 Å². The first-order valence-electron chi connectivity index (χ1n) is 6.21. The van der Waals surface area contributed by atoms with E-state index in [1.165, 1.54) is 12.4 Å². The number of carbonyl (C=O) groups excluding carboxylic acids is 1. The summed E-state index contributed by atoms with van der Waals surface area (Å²) in [7, 11) is 0. The zero-order valence-corrected chi connectivity index (χ0v) is 13.5. The van der Waals surface area contributed by atoms with Crippen molar-refractivity contribution >= 4 is 35.0 Å². The van der Waals surface area contributed by atoms with Crippen LogP contribution in [0, 0.1) is 0 Å². The highest BCUT2D eigenvalue weighted by molar-refractivity contribution is 6.38. The molecule has 112 valence electrons. The maximum Gasteiger partial charge on any atom is 0.407 e. The van der Waals surface area contributed by atoms with Gasteiger partial charge in [0.15, 0.2) is 0 Å². The first-order valence-corrected chi connectivity index (χ1v) is 6.97. The third-order valence-corrected chi connectivity index (χ3v) is 2.77. The van der Waals surface area contributed by atoms with Crippen molar-refractivity contribution < 1.29 is 9.53 Å². The zero-order valence-electron chi connectivity index (χ0n) is 12.0. The van der Waals surface area contributed by atoms with Crippen LogP contribution in [0.5, 0.6) is 0 Å². The van der Waals surface area contributed by atoms with Gasteiger partial charge in [0.1, 0.15) is 5.60 Å². The second-order valence-corrected chi connectivity index (χ2v) is 6.22. The third kappa shape index (κ3) is 5.84. The van der Waals surface area contributed by atoms with Crippen LogP contribution in [0.15, 0.2) is 12.4 Å². The Morgan fingerprint density at radius 1 is 1.35 bits per heavy atom. The summed E-state index contributed by atoms with van der Waals surface area (Å²) in [4.78, 5) is 15.4. The van der Waals surface area contributed by atoms with Gasteiger partial charge in [0.05, 0.1) is 15.7 Å². The minimum absolute atomic E-state index is 0.0695. The fourth-order valence-corrected chi connectivity index (χ4v) is 1.87. The second-order valence-electron chi connectivity index (χ2n) is 5.41. The number of alkyl carbamates (subject to hydrolysis) is 1. The van der Waals surface area contributed by atoms with E-state index < -0.39 is 11.7 Å². The average Bonchev–Trinajstić information content (AvgIpc) is 2.29. The van der Waals surface area contributed by atoms with Gasteiger partial charge in [-0.3, -0.25) is 4.98 Å². The molecule has 0 radical (unpaired) electrons. The fourth-order valence-electron chi connectivity index (χ4n) is 1.40. The Bertz CT molecular complexity index is 455. The molecular formula is C13H19Cl2N3O2. The average molecular weight is 320 g/mol. The van der Waals surface area contributed by atoms with E-state index in [1.807, 2.05) is 27.7 Å². The summed E-state index contributed by atoms with van der Waals surface area (Å²) in [5.41, 5.74) is 0.0835. The summed E-state index contributed by atoms with van der Waals surface area (Å²) >= 11 is 12.0. The lowest BCUT2D eigenvalue weighted by Gasteiger charge is -2.22. The number of anilines is 1. The lowest BCUT2D eigenvalue weighted by molar-refractivity contribution is 0.0526. The summed E-state index contributed by atoms with van der Waals surface area (Å²) in [5.74, 6) is 0. The van der Waals surface area contributed by atoms with Crippen LogP contribution in [0.4, 0.5) is 10.5 Å². The molecule has 5 nitrogen and oxygen atoms in total. The van der Waals surface area contributed by atoms with E-state index >= 15 is 0 Å². The van der Waals surface area contributed by atoms with Crippen molar-refractivity contribution in [2.45, 2.75) is 39.3 Å². The number of ether oxygens (including phenoxy) is 1. The standard InChI is InChI=1S/C13H19Cl2N3O2/c1-8(5-17-12(19)20-13(2,3)4)18-11-9(14)6-16-7-10(11)15/h6-8H,5H2,1-4H3,(H,16,18)(H,17,19). The van der Waals surface area contributed by atoms with Gasteiger partial charge in [-0.05, 0) is 27.7 Å². The molecule has 0 aromatic carbocycles. The van der Waals surface area contributed by atoms with E-state index in [-0.39, 0.29) is 6.04 Å². The van der Waals surface area contributed by atoms with Gasteiger partial charge in [0.2, 0.25) is 0 Å². The predicted octanol–water partition coefficient (Wildman–Crippen LogP) is 3.71. The van der Waals surface area contributed by atoms with Crippen LogP contribution >= 0.6 is 23.2 Å². The summed E-state index contributed by atoms with van der Waals surface area (Å²) < 4.78 is 5.15. The van der Waals surface area contributed by atoms with Gasteiger partial charge in [-0.25, -0.2) is 4.79 Å². The molecule has 1 atom stereocenters. The highest BCUT2D eigenvalue weighted by Crippen LogP contribution is 2.28. The molecule has 0 fully saturated rings. The lowest BCUT2D eigenvalue weighted by Crippen LogP contribution is -2.38. The minimum atomic E-state index is -0.515. The summed E-state index contributed by atoms with van der Waals surface area (Å²) in [6.07, 6.45) is 2.55. The molecule has 0 bridgehead atoms. The fraction of sp³-hybridized carbons (Fsp3) is 0.538. The topological polar surface area (TPSA) is 63.2 Å². The summed E-state index contributed by atoms with van der Waals surface area (Å²) in [6.45, 7) is 7.70. The van der Waals surface area contributed by atoms with E-state index in [0.29, 0.717) is 22.3 Å². The number of nitrogens with zero attached hydrogens (tertiary/aromatic N) is 1. The predicted molar refractivity (Wildman–Crippen MR) is 81.6 cm³/mol. The molecule has 1 aromatic rings. The number of nitrogens with one attached hydrogen (secondary N) is 2. The van der Waals surface area contributed by atoms with Crippen molar-refractivity contribution in [1.82, 2.24) is 10.3 Å². The Morgan fingerprint density at radius 3 is 2.40 bits per heavy atom. The van der Waals surface area contributed by atoms with Gasteiger partial charge >= 0.3 is 6.09 Å². The highest BCUT2D eigenvalue weighted by atomic mass is 35.5. The van der Waals surface area contributed by atoms with Crippen LogP contribution in [0.1, 0.15) is 27.7 Å². The molecule has 2 N–H and O–H groups in total. The maximum absolute atomic E-state index is 11.5.